The van der Waals surface area contributed by atoms with E-state index in [-0.39, 0.29) is 5.69 Å². The Bertz CT molecular complexity index is 780. The summed E-state index contributed by atoms with van der Waals surface area (Å²) in [5.41, 5.74) is 2.43. The van der Waals surface area contributed by atoms with Gasteiger partial charge in [-0.05, 0) is 23.8 Å². The van der Waals surface area contributed by atoms with Crippen LogP contribution in [-0.4, -0.2) is 32.3 Å². The van der Waals surface area contributed by atoms with Crippen LogP contribution < -0.4 is 4.74 Å². The molecule has 0 spiro atoms. The normalized spacial score (nSPS) is 10.3. The predicted molar refractivity (Wildman–Crippen MR) is 74.4 cm³/mol. The van der Waals surface area contributed by atoms with Gasteiger partial charge in [0.1, 0.15) is 17.5 Å². The zero-order chi connectivity index (χ0) is 14.7. The first-order valence-electron chi connectivity index (χ1n) is 6.28. The van der Waals surface area contributed by atoms with Crippen molar-refractivity contribution in [2.45, 2.75) is 6.54 Å². The Kier molecular flexibility index (Phi) is 3.35. The Morgan fingerprint density at radius 1 is 1.24 bits per heavy atom. The topological polar surface area (TPSA) is 92.4 Å². The van der Waals surface area contributed by atoms with Gasteiger partial charge in [0.15, 0.2) is 11.4 Å². The molecule has 3 rings (SSSR count). The van der Waals surface area contributed by atoms with Crippen LogP contribution in [0.1, 0.15) is 11.3 Å². The Labute approximate surface area is 120 Å². The molecule has 7 nitrogen and oxygen atoms in total. The van der Waals surface area contributed by atoms with E-state index >= 15 is 0 Å². The minimum absolute atomic E-state index is 0.240. The quantitative estimate of drug-likeness (QED) is 0.783. The van der Waals surface area contributed by atoms with E-state index in [1.165, 1.54) is 0 Å². The highest BCUT2D eigenvalue weighted by molar-refractivity contribution is 5.59. The number of H-pyrrole nitrogens is 1. The summed E-state index contributed by atoms with van der Waals surface area (Å²) in [6.45, 7) is 0.629. The number of rotatable bonds is 4. The fourth-order valence-electron chi connectivity index (χ4n) is 1.98. The third-order valence-corrected chi connectivity index (χ3v) is 3.04. The van der Waals surface area contributed by atoms with Crippen molar-refractivity contribution in [2.75, 3.05) is 7.11 Å². The van der Waals surface area contributed by atoms with Gasteiger partial charge >= 0.3 is 0 Å². The number of hydrogen-bond acceptors (Lipinski definition) is 5. The lowest BCUT2D eigenvalue weighted by Crippen LogP contribution is -2.00. The number of benzene rings is 1. The molecule has 0 fully saturated rings. The van der Waals surface area contributed by atoms with E-state index in [0.717, 1.165) is 11.3 Å². The van der Waals surface area contributed by atoms with Crippen LogP contribution in [0.25, 0.3) is 11.4 Å². The number of nitriles is 1. The molecule has 0 saturated carbocycles. The number of methoxy groups -OCH3 is 1. The van der Waals surface area contributed by atoms with E-state index in [4.69, 9.17) is 10.00 Å². The second-order valence-electron chi connectivity index (χ2n) is 4.38. The predicted octanol–water partition coefficient (Wildman–Crippen LogP) is 1.60. The highest BCUT2D eigenvalue weighted by atomic mass is 16.5. The maximum Gasteiger partial charge on any atom is 0.192 e. The standard InChI is InChI=1S/C14H12N6O/c1-21-11-4-2-10(3-5-11)9-20-7-6-12(18-20)14-13(8-15)16-19-17-14/h2-7H,9H2,1H3,(H,16,17,19). The summed E-state index contributed by atoms with van der Waals surface area (Å²) in [6, 6.07) is 11.6. The lowest BCUT2D eigenvalue weighted by Gasteiger charge is -2.03. The van der Waals surface area contributed by atoms with Crippen LogP contribution in [0.3, 0.4) is 0 Å². The monoisotopic (exact) mass is 280 g/mol. The second-order valence-corrected chi connectivity index (χ2v) is 4.38. The molecular weight excluding hydrogens is 268 g/mol. The Morgan fingerprint density at radius 2 is 2.05 bits per heavy atom. The summed E-state index contributed by atoms with van der Waals surface area (Å²) in [5, 5.41) is 23.5. The highest BCUT2D eigenvalue weighted by Crippen LogP contribution is 2.17. The smallest absolute Gasteiger partial charge is 0.192 e. The summed E-state index contributed by atoms with van der Waals surface area (Å²) >= 11 is 0. The van der Waals surface area contributed by atoms with Crippen molar-refractivity contribution in [1.82, 2.24) is 25.2 Å². The van der Waals surface area contributed by atoms with E-state index in [1.54, 1.807) is 11.8 Å². The maximum absolute atomic E-state index is 8.94. The number of nitrogens with zero attached hydrogens (tertiary/aromatic N) is 5. The lowest BCUT2D eigenvalue weighted by molar-refractivity contribution is 0.414. The molecule has 21 heavy (non-hydrogen) atoms. The summed E-state index contributed by atoms with van der Waals surface area (Å²) < 4.78 is 6.91. The van der Waals surface area contributed by atoms with Gasteiger partial charge in [-0.25, -0.2) is 0 Å². The van der Waals surface area contributed by atoms with Crippen LogP contribution in [0.5, 0.6) is 5.75 Å². The number of hydrogen-bond donors (Lipinski definition) is 1. The molecular formula is C14H12N6O. The molecule has 104 valence electrons. The Hall–Kier alpha value is -3.14. The molecule has 1 N–H and O–H groups in total. The fourth-order valence-corrected chi connectivity index (χ4v) is 1.98. The molecule has 0 aliphatic rings. The third kappa shape index (κ3) is 2.60. The van der Waals surface area contributed by atoms with E-state index in [0.29, 0.717) is 17.9 Å². The van der Waals surface area contributed by atoms with E-state index in [2.05, 4.69) is 20.5 Å². The largest absolute Gasteiger partial charge is 0.497 e. The van der Waals surface area contributed by atoms with Gasteiger partial charge in [-0.3, -0.25) is 4.68 Å². The molecule has 0 saturated heterocycles. The molecule has 0 unspecified atom stereocenters. The summed E-state index contributed by atoms with van der Waals surface area (Å²) in [7, 11) is 1.64. The molecule has 0 aliphatic carbocycles. The van der Waals surface area contributed by atoms with Gasteiger partial charge < -0.3 is 4.74 Å². The first kappa shape index (κ1) is 12.9. The van der Waals surface area contributed by atoms with Gasteiger partial charge in [0.05, 0.1) is 13.7 Å². The van der Waals surface area contributed by atoms with Gasteiger partial charge in [-0.1, -0.05) is 12.1 Å². The molecule has 0 radical (unpaired) electrons. The molecule has 2 aromatic heterocycles. The number of aromatic nitrogens is 5. The van der Waals surface area contributed by atoms with E-state index in [1.807, 2.05) is 42.6 Å². The van der Waals surface area contributed by atoms with Gasteiger partial charge in [-0.2, -0.15) is 20.7 Å². The molecule has 3 aromatic rings. The van der Waals surface area contributed by atoms with Gasteiger partial charge in [0, 0.05) is 6.20 Å². The van der Waals surface area contributed by atoms with Crippen molar-refractivity contribution in [3.63, 3.8) is 0 Å². The summed E-state index contributed by atoms with van der Waals surface area (Å²) in [6.07, 6.45) is 1.84. The van der Waals surface area contributed by atoms with Crippen LogP contribution in [-0.2, 0) is 6.54 Å². The van der Waals surface area contributed by atoms with Gasteiger partial charge in [0.2, 0.25) is 0 Å². The zero-order valence-corrected chi connectivity index (χ0v) is 11.3. The Morgan fingerprint density at radius 3 is 2.76 bits per heavy atom. The van der Waals surface area contributed by atoms with Crippen LogP contribution in [0.15, 0.2) is 36.5 Å². The van der Waals surface area contributed by atoms with Crippen LogP contribution in [0.2, 0.25) is 0 Å². The minimum atomic E-state index is 0.240. The number of aromatic amines is 1. The number of ether oxygens (including phenoxy) is 1. The molecule has 0 bridgehead atoms. The van der Waals surface area contributed by atoms with Crippen molar-refractivity contribution >= 4 is 0 Å². The average Bonchev–Trinajstić information content (AvgIpc) is 3.16. The maximum atomic E-state index is 8.94. The molecule has 0 amide bonds. The van der Waals surface area contributed by atoms with E-state index in [9.17, 15) is 0 Å². The SMILES string of the molecule is COc1ccc(Cn2ccc(-c3n[nH]nc3C#N)n2)cc1. The van der Waals surface area contributed by atoms with Crippen molar-refractivity contribution in [1.29, 1.82) is 5.26 Å². The molecule has 0 aliphatic heterocycles. The summed E-state index contributed by atoms with van der Waals surface area (Å²) in [5.74, 6) is 0.821. The van der Waals surface area contributed by atoms with Crippen molar-refractivity contribution < 1.29 is 4.74 Å². The van der Waals surface area contributed by atoms with Crippen LogP contribution in [0, 0.1) is 11.3 Å². The minimum Gasteiger partial charge on any atom is -0.497 e. The second kappa shape index (κ2) is 5.46. The molecule has 7 heteroatoms. The average molecular weight is 280 g/mol. The first-order valence-corrected chi connectivity index (χ1v) is 6.28. The zero-order valence-electron chi connectivity index (χ0n) is 11.3. The molecule has 0 atom stereocenters. The third-order valence-electron chi connectivity index (χ3n) is 3.04. The van der Waals surface area contributed by atoms with Gasteiger partial charge in [0.25, 0.3) is 0 Å². The van der Waals surface area contributed by atoms with Crippen LogP contribution in [0.4, 0.5) is 0 Å². The Balaban J connectivity index is 1.80. The van der Waals surface area contributed by atoms with Crippen molar-refractivity contribution in [3.8, 4) is 23.2 Å². The first-order chi connectivity index (χ1) is 10.3. The fraction of sp³-hybridized carbons (Fsp3) is 0.143. The number of nitrogens with one attached hydrogen (secondary N) is 1. The molecule has 1 aromatic carbocycles. The van der Waals surface area contributed by atoms with Crippen LogP contribution >= 0.6 is 0 Å². The van der Waals surface area contributed by atoms with Crippen molar-refractivity contribution in [3.05, 3.63) is 47.8 Å². The van der Waals surface area contributed by atoms with Crippen molar-refractivity contribution in [2.24, 2.45) is 0 Å². The lowest BCUT2D eigenvalue weighted by atomic mass is 10.2. The molecule has 2 heterocycles. The highest BCUT2D eigenvalue weighted by Gasteiger charge is 2.12. The summed E-state index contributed by atoms with van der Waals surface area (Å²) in [4.78, 5) is 0. The van der Waals surface area contributed by atoms with E-state index < -0.39 is 0 Å². The van der Waals surface area contributed by atoms with Gasteiger partial charge in [-0.15, -0.1) is 5.10 Å².